The molecule has 6 heteroatoms. The second kappa shape index (κ2) is 5.44. The van der Waals surface area contributed by atoms with Gasteiger partial charge in [-0.05, 0) is 18.6 Å². The van der Waals surface area contributed by atoms with Crippen LogP contribution in [0.1, 0.15) is 19.8 Å². The predicted molar refractivity (Wildman–Crippen MR) is 63.5 cm³/mol. The van der Waals surface area contributed by atoms with Gasteiger partial charge < -0.3 is 0 Å². The van der Waals surface area contributed by atoms with Crippen LogP contribution >= 0.6 is 0 Å². The molecule has 0 fully saturated rings. The monoisotopic (exact) mass is 263 g/mol. The van der Waals surface area contributed by atoms with Gasteiger partial charge in [0.05, 0.1) is 11.4 Å². The van der Waals surface area contributed by atoms with Crippen molar-refractivity contribution in [2.45, 2.75) is 19.8 Å². The first-order chi connectivity index (χ1) is 7.88. The molecule has 0 aromatic heterocycles. The van der Waals surface area contributed by atoms with Crippen LogP contribution in [-0.2, 0) is 10.0 Å². The third-order valence-corrected chi connectivity index (χ3v) is 4.29. The molecule has 1 aromatic carbocycles. The molecule has 0 radical (unpaired) electrons. The van der Waals surface area contributed by atoms with Crippen LogP contribution in [0.15, 0.2) is 18.2 Å². The Bertz CT molecular complexity index is 488. The molecule has 0 aliphatic rings. The summed E-state index contributed by atoms with van der Waals surface area (Å²) in [4.78, 5) is 0. The summed E-state index contributed by atoms with van der Waals surface area (Å²) in [5, 5.41) is 0. The van der Waals surface area contributed by atoms with Gasteiger partial charge in [-0.15, -0.1) is 0 Å². The van der Waals surface area contributed by atoms with Gasteiger partial charge in [-0.1, -0.05) is 13.3 Å². The second-order valence-electron chi connectivity index (χ2n) is 3.74. The van der Waals surface area contributed by atoms with Crippen molar-refractivity contribution in [2.75, 3.05) is 17.1 Å². The van der Waals surface area contributed by atoms with Gasteiger partial charge in [0, 0.05) is 13.1 Å². The van der Waals surface area contributed by atoms with E-state index in [-0.39, 0.29) is 11.4 Å². The van der Waals surface area contributed by atoms with Crippen LogP contribution in [0.2, 0.25) is 0 Å². The van der Waals surface area contributed by atoms with Crippen LogP contribution < -0.4 is 4.31 Å². The fraction of sp³-hybridized carbons (Fsp3) is 0.455. The Morgan fingerprint density at radius 1 is 1.24 bits per heavy atom. The number of hydrogen-bond donors (Lipinski definition) is 0. The van der Waals surface area contributed by atoms with Crippen molar-refractivity contribution in [3.63, 3.8) is 0 Å². The van der Waals surface area contributed by atoms with E-state index in [1.165, 1.54) is 13.1 Å². The summed E-state index contributed by atoms with van der Waals surface area (Å²) in [6, 6.07) is 3.03. The Hall–Kier alpha value is -1.17. The standard InChI is InChI=1S/C11H15F2NO2S/c1-3-4-7-17(15,16)14(2)9-5-6-10(12)11(13)8-9/h5-6,8H,3-4,7H2,1-2H3. The number of hydrogen-bond acceptors (Lipinski definition) is 2. The van der Waals surface area contributed by atoms with E-state index in [2.05, 4.69) is 0 Å². The van der Waals surface area contributed by atoms with Crippen molar-refractivity contribution >= 4 is 15.7 Å². The molecule has 0 N–H and O–H groups in total. The van der Waals surface area contributed by atoms with E-state index in [9.17, 15) is 17.2 Å². The zero-order chi connectivity index (χ0) is 13.1. The maximum atomic E-state index is 13.0. The molecule has 0 spiro atoms. The highest BCUT2D eigenvalue weighted by molar-refractivity contribution is 7.92. The van der Waals surface area contributed by atoms with Crippen LogP contribution in [0.3, 0.4) is 0 Å². The van der Waals surface area contributed by atoms with Crippen LogP contribution in [0.5, 0.6) is 0 Å². The molecule has 0 atom stereocenters. The summed E-state index contributed by atoms with van der Waals surface area (Å²) in [5.74, 6) is -2.05. The molecule has 0 saturated heterocycles. The third-order valence-electron chi connectivity index (χ3n) is 2.44. The summed E-state index contributed by atoms with van der Waals surface area (Å²) in [7, 11) is -2.13. The first kappa shape index (κ1) is 13.9. The van der Waals surface area contributed by atoms with Gasteiger partial charge in [-0.2, -0.15) is 0 Å². The summed E-state index contributed by atoms with van der Waals surface area (Å²) in [6.07, 6.45) is 1.29. The number of nitrogens with zero attached hydrogens (tertiary/aromatic N) is 1. The topological polar surface area (TPSA) is 37.4 Å². The smallest absolute Gasteiger partial charge is 0.234 e. The SMILES string of the molecule is CCCCS(=O)(=O)N(C)c1ccc(F)c(F)c1. The van der Waals surface area contributed by atoms with Gasteiger partial charge in [-0.25, -0.2) is 17.2 Å². The van der Waals surface area contributed by atoms with Gasteiger partial charge in [0.2, 0.25) is 10.0 Å². The third kappa shape index (κ3) is 3.39. The Labute approximate surface area is 100 Å². The van der Waals surface area contributed by atoms with Crippen molar-refractivity contribution in [1.82, 2.24) is 0 Å². The minimum atomic E-state index is -3.46. The lowest BCUT2D eigenvalue weighted by molar-refractivity contribution is 0.509. The first-order valence-electron chi connectivity index (χ1n) is 5.30. The fourth-order valence-corrected chi connectivity index (χ4v) is 2.67. The molecule has 1 aromatic rings. The normalized spacial score (nSPS) is 11.5. The van der Waals surface area contributed by atoms with Crippen molar-refractivity contribution in [3.8, 4) is 0 Å². The maximum absolute atomic E-state index is 13.0. The summed E-state index contributed by atoms with van der Waals surface area (Å²) >= 11 is 0. The quantitative estimate of drug-likeness (QED) is 0.818. The molecule has 0 amide bonds. The average molecular weight is 263 g/mol. The number of benzene rings is 1. The van der Waals surface area contributed by atoms with Gasteiger partial charge in [0.15, 0.2) is 11.6 Å². The zero-order valence-corrected chi connectivity index (χ0v) is 10.6. The van der Waals surface area contributed by atoms with Crippen LogP contribution in [0, 0.1) is 11.6 Å². The van der Waals surface area contributed by atoms with Gasteiger partial charge in [0.25, 0.3) is 0 Å². The molecular formula is C11H15F2NO2S. The average Bonchev–Trinajstić information content (AvgIpc) is 2.29. The second-order valence-corrected chi connectivity index (χ2v) is 5.86. The summed E-state index contributed by atoms with van der Waals surface area (Å²) in [5.41, 5.74) is 0.125. The van der Waals surface area contributed by atoms with E-state index in [0.717, 1.165) is 22.9 Å². The highest BCUT2D eigenvalue weighted by atomic mass is 32.2. The van der Waals surface area contributed by atoms with Crippen molar-refractivity contribution in [3.05, 3.63) is 29.8 Å². The van der Waals surface area contributed by atoms with Gasteiger partial charge >= 0.3 is 0 Å². The molecule has 0 saturated carbocycles. The molecule has 3 nitrogen and oxygen atoms in total. The highest BCUT2D eigenvalue weighted by Crippen LogP contribution is 2.19. The van der Waals surface area contributed by atoms with Crippen molar-refractivity contribution in [2.24, 2.45) is 0 Å². The number of halogens is 2. The van der Waals surface area contributed by atoms with E-state index in [1.54, 1.807) is 0 Å². The number of anilines is 1. The van der Waals surface area contributed by atoms with Crippen LogP contribution in [0.25, 0.3) is 0 Å². The molecule has 1 rings (SSSR count). The molecule has 0 aliphatic heterocycles. The van der Waals surface area contributed by atoms with E-state index in [4.69, 9.17) is 0 Å². The number of sulfonamides is 1. The zero-order valence-electron chi connectivity index (χ0n) is 9.78. The van der Waals surface area contributed by atoms with Crippen LogP contribution in [-0.4, -0.2) is 21.2 Å². The van der Waals surface area contributed by atoms with Crippen molar-refractivity contribution < 1.29 is 17.2 Å². The maximum Gasteiger partial charge on any atom is 0.234 e. The number of rotatable bonds is 5. The molecule has 0 aliphatic carbocycles. The molecular weight excluding hydrogens is 248 g/mol. The molecule has 0 unspecified atom stereocenters. The van der Waals surface area contributed by atoms with Crippen LogP contribution in [0.4, 0.5) is 14.5 Å². The van der Waals surface area contributed by atoms with E-state index in [1.807, 2.05) is 6.92 Å². The Kier molecular flexibility index (Phi) is 4.45. The lowest BCUT2D eigenvalue weighted by Crippen LogP contribution is -2.29. The van der Waals surface area contributed by atoms with Gasteiger partial charge in [-0.3, -0.25) is 4.31 Å². The fourth-order valence-electron chi connectivity index (χ4n) is 1.31. The Morgan fingerprint density at radius 3 is 2.41 bits per heavy atom. The highest BCUT2D eigenvalue weighted by Gasteiger charge is 2.18. The summed E-state index contributed by atoms with van der Waals surface area (Å²) in [6.45, 7) is 1.88. The molecule has 0 bridgehead atoms. The van der Waals surface area contributed by atoms with E-state index in [0.29, 0.717) is 6.42 Å². The Morgan fingerprint density at radius 2 is 1.88 bits per heavy atom. The predicted octanol–water partition coefficient (Wildman–Crippen LogP) is 2.53. The van der Waals surface area contributed by atoms with E-state index < -0.39 is 21.7 Å². The largest absolute Gasteiger partial charge is 0.273 e. The Balaban J connectivity index is 2.95. The molecule has 96 valence electrons. The number of unbranched alkanes of at least 4 members (excludes halogenated alkanes) is 1. The molecule has 17 heavy (non-hydrogen) atoms. The van der Waals surface area contributed by atoms with E-state index >= 15 is 0 Å². The summed E-state index contributed by atoms with van der Waals surface area (Å²) < 4.78 is 50.3. The lowest BCUT2D eigenvalue weighted by Gasteiger charge is -2.19. The minimum absolute atomic E-state index is 0.000997. The van der Waals surface area contributed by atoms with Crippen molar-refractivity contribution in [1.29, 1.82) is 0 Å². The van der Waals surface area contributed by atoms with Gasteiger partial charge in [0.1, 0.15) is 0 Å². The molecule has 0 heterocycles. The minimum Gasteiger partial charge on any atom is -0.273 e. The lowest BCUT2D eigenvalue weighted by atomic mass is 10.3. The first-order valence-corrected chi connectivity index (χ1v) is 6.91.